The van der Waals surface area contributed by atoms with Gasteiger partial charge in [0, 0.05) is 6.54 Å². The summed E-state index contributed by atoms with van der Waals surface area (Å²) in [5, 5.41) is 29.0. The van der Waals surface area contributed by atoms with E-state index in [1.165, 1.54) is 11.8 Å². The van der Waals surface area contributed by atoms with Gasteiger partial charge in [0.05, 0.1) is 12.5 Å². The van der Waals surface area contributed by atoms with Crippen LogP contribution in [0.1, 0.15) is 19.0 Å². The second-order valence-electron chi connectivity index (χ2n) is 5.76. The van der Waals surface area contributed by atoms with E-state index in [-0.39, 0.29) is 12.4 Å². The fourth-order valence-corrected chi connectivity index (χ4v) is 2.23. The number of carbonyl (C=O) groups is 2. The third-order valence-electron chi connectivity index (χ3n) is 3.82. The minimum Gasteiger partial charge on any atom is -0.426 e. The van der Waals surface area contributed by atoms with Gasteiger partial charge in [0.15, 0.2) is 11.5 Å². The molecule has 2 rings (SSSR count). The molecule has 0 saturated carbocycles. The minimum absolute atomic E-state index is 0.130. The highest BCUT2D eigenvalue weighted by molar-refractivity contribution is 6.43. The second-order valence-corrected chi connectivity index (χ2v) is 5.76. The average Bonchev–Trinajstić information content (AvgIpc) is 2.51. The molecule has 1 fully saturated rings. The first-order chi connectivity index (χ1) is 12.1. The van der Waals surface area contributed by atoms with Gasteiger partial charge in [-0.05, 0) is 25.5 Å². The molecule has 2 amide bonds. The van der Waals surface area contributed by atoms with Gasteiger partial charge in [-0.1, -0.05) is 0 Å². The summed E-state index contributed by atoms with van der Waals surface area (Å²) in [5.41, 5.74) is -1.13. The molecular formula is C13H17BF3N5O4. The summed E-state index contributed by atoms with van der Waals surface area (Å²) in [5.74, 6) is -1.88. The molecule has 0 aromatic carbocycles. The summed E-state index contributed by atoms with van der Waals surface area (Å²) >= 11 is 0. The standard InChI is InChI=1S/C13H17BF3N5O4/c1-7(14(25)26)19-11(23)6-18-12(24)8-4-5-22(8)10-3-2-9(20-21-10)13(15,16)17/h2-3,7-8,25-26H,4-6H2,1H3,(H,18,24)(H,19,23)/t7?,8-/m0/s1. The number of anilines is 1. The Morgan fingerprint density at radius 3 is 2.54 bits per heavy atom. The molecular weight excluding hydrogens is 358 g/mol. The Morgan fingerprint density at radius 1 is 1.38 bits per heavy atom. The van der Waals surface area contributed by atoms with Crippen LogP contribution in [0.4, 0.5) is 19.0 Å². The van der Waals surface area contributed by atoms with Gasteiger partial charge in [0.1, 0.15) is 6.04 Å². The number of amides is 2. The van der Waals surface area contributed by atoms with E-state index < -0.39 is 42.8 Å². The van der Waals surface area contributed by atoms with E-state index in [2.05, 4.69) is 20.8 Å². The van der Waals surface area contributed by atoms with Crippen molar-refractivity contribution in [2.24, 2.45) is 0 Å². The van der Waals surface area contributed by atoms with Crippen LogP contribution >= 0.6 is 0 Å². The molecule has 4 N–H and O–H groups in total. The lowest BCUT2D eigenvalue weighted by Gasteiger charge is -2.40. The molecule has 142 valence electrons. The Hall–Kier alpha value is -2.41. The molecule has 13 heteroatoms. The zero-order valence-corrected chi connectivity index (χ0v) is 13.7. The van der Waals surface area contributed by atoms with Crippen molar-refractivity contribution >= 4 is 24.8 Å². The summed E-state index contributed by atoms with van der Waals surface area (Å²) in [6.07, 6.45) is -4.15. The van der Waals surface area contributed by atoms with Crippen LogP contribution in [0.25, 0.3) is 0 Å². The van der Waals surface area contributed by atoms with Crippen LogP contribution in [-0.4, -0.2) is 64.3 Å². The lowest BCUT2D eigenvalue weighted by molar-refractivity contribution is -0.141. The zero-order chi connectivity index (χ0) is 19.5. The van der Waals surface area contributed by atoms with Crippen molar-refractivity contribution < 1.29 is 32.8 Å². The number of nitrogens with one attached hydrogen (secondary N) is 2. The van der Waals surface area contributed by atoms with Gasteiger partial charge in [-0.25, -0.2) is 0 Å². The van der Waals surface area contributed by atoms with Crippen LogP contribution in [0.3, 0.4) is 0 Å². The highest BCUT2D eigenvalue weighted by Crippen LogP contribution is 2.29. The molecule has 1 aromatic rings. The fourth-order valence-electron chi connectivity index (χ4n) is 2.23. The first kappa shape index (κ1) is 19.9. The minimum atomic E-state index is -4.59. The quantitative estimate of drug-likeness (QED) is 0.456. The maximum atomic E-state index is 12.5. The molecule has 26 heavy (non-hydrogen) atoms. The van der Waals surface area contributed by atoms with Crippen molar-refractivity contribution in [1.82, 2.24) is 20.8 Å². The van der Waals surface area contributed by atoms with Crippen LogP contribution in [0.5, 0.6) is 0 Å². The smallest absolute Gasteiger partial charge is 0.426 e. The summed E-state index contributed by atoms with van der Waals surface area (Å²) in [6, 6.07) is 1.24. The van der Waals surface area contributed by atoms with E-state index in [0.29, 0.717) is 13.0 Å². The van der Waals surface area contributed by atoms with Gasteiger partial charge in [0.25, 0.3) is 0 Å². The third kappa shape index (κ3) is 4.82. The van der Waals surface area contributed by atoms with E-state index in [9.17, 15) is 22.8 Å². The van der Waals surface area contributed by atoms with E-state index in [0.717, 1.165) is 12.1 Å². The van der Waals surface area contributed by atoms with Crippen molar-refractivity contribution in [3.8, 4) is 0 Å². The first-order valence-electron chi connectivity index (χ1n) is 7.70. The number of rotatable bonds is 6. The molecule has 0 radical (unpaired) electrons. The lowest BCUT2D eigenvalue weighted by Crippen LogP contribution is -2.58. The molecule has 1 unspecified atom stereocenters. The number of alkyl halides is 3. The molecule has 1 aliphatic heterocycles. The molecule has 0 bridgehead atoms. The van der Waals surface area contributed by atoms with Crippen molar-refractivity contribution in [3.05, 3.63) is 17.8 Å². The Kier molecular flexibility index (Phi) is 6.03. The van der Waals surface area contributed by atoms with Gasteiger partial charge in [-0.3, -0.25) is 9.59 Å². The van der Waals surface area contributed by atoms with E-state index >= 15 is 0 Å². The van der Waals surface area contributed by atoms with Gasteiger partial charge in [0.2, 0.25) is 11.8 Å². The van der Waals surface area contributed by atoms with Crippen LogP contribution in [-0.2, 0) is 15.8 Å². The van der Waals surface area contributed by atoms with Crippen LogP contribution < -0.4 is 15.5 Å². The molecule has 2 heterocycles. The second kappa shape index (κ2) is 7.87. The fraction of sp³-hybridized carbons (Fsp3) is 0.538. The molecule has 0 spiro atoms. The van der Waals surface area contributed by atoms with Gasteiger partial charge in [-0.2, -0.15) is 13.2 Å². The first-order valence-corrected chi connectivity index (χ1v) is 7.70. The van der Waals surface area contributed by atoms with Crippen molar-refractivity contribution in [2.75, 3.05) is 18.0 Å². The third-order valence-corrected chi connectivity index (χ3v) is 3.82. The van der Waals surface area contributed by atoms with E-state index in [4.69, 9.17) is 10.0 Å². The van der Waals surface area contributed by atoms with Gasteiger partial charge >= 0.3 is 13.3 Å². The maximum absolute atomic E-state index is 12.5. The lowest BCUT2D eigenvalue weighted by atomic mass is 9.81. The van der Waals surface area contributed by atoms with E-state index in [1.807, 2.05) is 0 Å². The number of carbonyl (C=O) groups excluding carboxylic acids is 2. The predicted octanol–water partition coefficient (Wildman–Crippen LogP) is -1.29. The molecule has 1 aliphatic rings. The summed E-state index contributed by atoms with van der Waals surface area (Å²) in [4.78, 5) is 25.2. The largest absolute Gasteiger partial charge is 0.475 e. The number of nitrogens with zero attached hydrogens (tertiary/aromatic N) is 3. The summed E-state index contributed by atoms with van der Waals surface area (Å²) < 4.78 is 37.5. The molecule has 9 nitrogen and oxygen atoms in total. The SMILES string of the molecule is CC(NC(=O)CNC(=O)[C@@H]1CCN1c1ccc(C(F)(F)F)nn1)B(O)O. The molecule has 1 aromatic heterocycles. The number of hydrogen-bond donors (Lipinski definition) is 4. The van der Waals surface area contributed by atoms with Gasteiger partial charge in [-0.15, -0.1) is 10.2 Å². The topological polar surface area (TPSA) is 128 Å². The molecule has 0 aliphatic carbocycles. The average molecular weight is 375 g/mol. The zero-order valence-electron chi connectivity index (χ0n) is 13.7. The van der Waals surface area contributed by atoms with Crippen LogP contribution in [0, 0.1) is 0 Å². The molecule has 2 atom stereocenters. The van der Waals surface area contributed by atoms with Crippen LogP contribution in [0.15, 0.2) is 12.1 Å². The number of aromatic nitrogens is 2. The van der Waals surface area contributed by atoms with Crippen LogP contribution in [0.2, 0.25) is 0 Å². The Labute approximate surface area is 146 Å². The van der Waals surface area contributed by atoms with Crippen molar-refractivity contribution in [1.29, 1.82) is 0 Å². The van der Waals surface area contributed by atoms with E-state index in [1.54, 1.807) is 0 Å². The monoisotopic (exact) mass is 375 g/mol. The number of hydrogen-bond acceptors (Lipinski definition) is 7. The van der Waals surface area contributed by atoms with Crippen molar-refractivity contribution in [3.63, 3.8) is 0 Å². The number of halogens is 3. The maximum Gasteiger partial charge on any atom is 0.475 e. The Balaban J connectivity index is 1.88. The highest BCUT2D eigenvalue weighted by Gasteiger charge is 2.37. The highest BCUT2D eigenvalue weighted by atomic mass is 19.4. The Bertz CT molecular complexity index is 658. The van der Waals surface area contributed by atoms with Crippen molar-refractivity contribution in [2.45, 2.75) is 31.5 Å². The predicted molar refractivity (Wildman–Crippen MR) is 83.6 cm³/mol. The Morgan fingerprint density at radius 2 is 2.08 bits per heavy atom. The normalized spacial score (nSPS) is 17.9. The molecule has 1 saturated heterocycles. The summed E-state index contributed by atoms with van der Waals surface area (Å²) in [7, 11) is -1.73. The summed E-state index contributed by atoms with van der Waals surface area (Å²) in [6.45, 7) is 1.42. The van der Waals surface area contributed by atoms with Gasteiger partial charge < -0.3 is 25.6 Å².